The second kappa shape index (κ2) is 11.7. The number of hydrogen-bond donors (Lipinski definition) is 4. The van der Waals surface area contributed by atoms with Crippen LogP contribution < -0.4 is 11.6 Å². The topological polar surface area (TPSA) is 139 Å². The van der Waals surface area contributed by atoms with Gasteiger partial charge in [0, 0.05) is 6.42 Å². The first-order valence-electron chi connectivity index (χ1n) is 11.1. The average molecular weight is 490 g/mol. The monoisotopic (exact) mass is 489 g/mol. The van der Waals surface area contributed by atoms with Crippen molar-refractivity contribution in [1.29, 1.82) is 0 Å². The van der Waals surface area contributed by atoms with Crippen LogP contribution in [0.25, 0.3) is 0 Å². The van der Waals surface area contributed by atoms with Gasteiger partial charge in [-0.15, -0.1) is 0 Å². The first-order valence-corrected chi connectivity index (χ1v) is 11.9. The van der Waals surface area contributed by atoms with Crippen LogP contribution in [0.3, 0.4) is 0 Å². The van der Waals surface area contributed by atoms with Crippen molar-refractivity contribution in [3.63, 3.8) is 0 Å². The summed E-state index contributed by atoms with van der Waals surface area (Å²) in [6, 6.07) is 18.9. The lowest BCUT2D eigenvalue weighted by Crippen LogP contribution is -2.78. The third-order valence-corrected chi connectivity index (χ3v) is 6.55. The lowest BCUT2D eigenvalue weighted by Gasteiger charge is -2.54. The summed E-state index contributed by atoms with van der Waals surface area (Å²) in [5, 5.41) is 23.1. The van der Waals surface area contributed by atoms with E-state index in [4.69, 9.17) is 16.3 Å². The highest BCUT2D eigenvalue weighted by Crippen LogP contribution is 2.44. The third kappa shape index (κ3) is 6.11. The van der Waals surface area contributed by atoms with Crippen molar-refractivity contribution in [3.8, 4) is 0 Å². The number of nitrogens with zero attached hydrogens (tertiary/aromatic N) is 1. The van der Waals surface area contributed by atoms with Crippen LogP contribution in [0.5, 0.6) is 0 Å². The molecule has 9 heteroatoms. The highest BCUT2D eigenvalue weighted by Gasteiger charge is 2.63. The maximum Gasteiger partial charge on any atom is 0.424 e. The third-order valence-electron chi connectivity index (χ3n) is 6.09. The van der Waals surface area contributed by atoms with Crippen LogP contribution in [0.4, 0.5) is 4.79 Å². The summed E-state index contributed by atoms with van der Waals surface area (Å²) in [5.74, 6) is 3.35. The van der Waals surface area contributed by atoms with Gasteiger partial charge >= 0.3 is 6.09 Å². The van der Waals surface area contributed by atoms with Gasteiger partial charge in [-0.05, 0) is 35.8 Å². The average Bonchev–Trinajstić information content (AvgIpc) is 2.81. The Bertz CT molecular complexity index is 989. The summed E-state index contributed by atoms with van der Waals surface area (Å²) in [5.41, 5.74) is 4.63. The molecule has 1 unspecified atom stereocenters. The van der Waals surface area contributed by atoms with Gasteiger partial charge in [0.1, 0.15) is 21.8 Å². The van der Waals surface area contributed by atoms with E-state index in [0.29, 0.717) is 17.0 Å². The van der Waals surface area contributed by atoms with Gasteiger partial charge in [-0.2, -0.15) is 0 Å². The Morgan fingerprint density at radius 3 is 2.00 bits per heavy atom. The minimum Gasteiger partial charge on any atom is -0.448 e. The minimum absolute atomic E-state index is 0.0921. The molecular weight excluding hydrogens is 454 g/mol. The molecule has 0 aromatic heterocycles. The highest BCUT2D eigenvalue weighted by molar-refractivity contribution is 7.66. The van der Waals surface area contributed by atoms with E-state index in [0.717, 1.165) is 12.8 Å². The van der Waals surface area contributed by atoms with Gasteiger partial charge in [0.25, 0.3) is 0 Å². The summed E-state index contributed by atoms with van der Waals surface area (Å²) < 4.78 is 16.9. The lowest BCUT2D eigenvalue weighted by molar-refractivity contribution is -0.228. The van der Waals surface area contributed by atoms with Gasteiger partial charge in [0.2, 0.25) is 5.79 Å². The van der Waals surface area contributed by atoms with Gasteiger partial charge in [-0.25, -0.2) is 19.9 Å². The summed E-state index contributed by atoms with van der Waals surface area (Å²) in [7, 11) is 0. The molecule has 2 aromatic carbocycles. The largest absolute Gasteiger partial charge is 0.448 e. The Balaban J connectivity index is 2.27. The van der Waals surface area contributed by atoms with Crippen molar-refractivity contribution in [2.75, 3.05) is 6.61 Å². The smallest absolute Gasteiger partial charge is 0.424 e. The molecule has 8 nitrogen and oxygen atoms in total. The van der Waals surface area contributed by atoms with Crippen molar-refractivity contribution in [3.05, 3.63) is 71.8 Å². The Kier molecular flexibility index (Phi) is 9.54. The number of hydrogen-bond acceptors (Lipinski definition) is 6. The zero-order valence-electron chi connectivity index (χ0n) is 19.9. The quantitative estimate of drug-likeness (QED) is 0.100. The number of aliphatic hydroxyl groups is 2. The number of aryl methyl sites for hydroxylation is 1. The first kappa shape index (κ1) is 27.7. The number of carbonyl (C=O) groups is 1. The van der Waals surface area contributed by atoms with Crippen molar-refractivity contribution in [2.24, 2.45) is 17.0 Å². The maximum atomic E-state index is 13.0. The number of rotatable bonds is 10. The Hall–Kier alpha value is -2.56. The van der Waals surface area contributed by atoms with E-state index in [1.54, 1.807) is 45.0 Å². The number of amides is 1. The van der Waals surface area contributed by atoms with Crippen LogP contribution in [0.2, 0.25) is 0 Å². The predicted octanol–water partition coefficient (Wildman–Crippen LogP) is 2.33. The molecule has 186 valence electrons. The molecule has 0 aliphatic carbocycles. The Morgan fingerprint density at radius 1 is 0.971 bits per heavy atom. The van der Waals surface area contributed by atoms with Crippen molar-refractivity contribution < 1.29 is 24.0 Å². The summed E-state index contributed by atoms with van der Waals surface area (Å²) >= 11 is -0.253. The maximum absolute atomic E-state index is 13.0. The first-order chi connectivity index (χ1) is 16.0. The van der Waals surface area contributed by atoms with E-state index in [2.05, 4.69) is 0 Å². The summed E-state index contributed by atoms with van der Waals surface area (Å²) in [6.45, 7) is 5.16. The van der Waals surface area contributed by atoms with E-state index in [-0.39, 0.29) is 24.3 Å². The molecule has 1 amide bonds. The molecule has 2 rings (SSSR count). The Labute approximate surface area is 204 Å². The number of ether oxygens (including phenoxy) is 1. The predicted molar refractivity (Wildman–Crippen MR) is 134 cm³/mol. The molecule has 0 heterocycles. The standard InChI is InChI=1S/C25H35N3O5S/c1-23(2,3)24(25(30,31)21(26)34-32,18-20-15-8-5-9-16-20)28(27)22(29)33-17-11-10-14-19-12-6-4-7-13-19/h4-9,12-13,15-16,30-31H,10-11,14,17-18,26-27H2,1-3H3. The number of unbranched alkanes of at least 4 members (excludes halogenated alkanes) is 1. The van der Waals surface area contributed by atoms with Gasteiger partial charge in [0.15, 0.2) is 0 Å². The molecular formula is C25H35N3O5S. The molecule has 0 aliphatic rings. The van der Waals surface area contributed by atoms with Crippen LogP contribution in [-0.4, -0.2) is 48.4 Å². The van der Waals surface area contributed by atoms with Crippen LogP contribution in [0.1, 0.15) is 44.7 Å². The number of benzene rings is 2. The van der Waals surface area contributed by atoms with E-state index < -0.39 is 27.8 Å². The molecule has 0 radical (unpaired) electrons. The molecule has 0 saturated carbocycles. The second-order valence-corrected chi connectivity index (χ2v) is 9.93. The van der Waals surface area contributed by atoms with Crippen molar-refractivity contribution in [2.45, 2.75) is 57.8 Å². The summed E-state index contributed by atoms with van der Waals surface area (Å²) in [6.07, 6.45) is 1.21. The van der Waals surface area contributed by atoms with Crippen molar-refractivity contribution >= 4 is 22.3 Å². The van der Waals surface area contributed by atoms with E-state index in [9.17, 15) is 19.2 Å². The number of carbonyl (C=O) groups excluding carboxylic acids is 1. The zero-order chi connectivity index (χ0) is 25.4. The molecule has 0 saturated heterocycles. The highest BCUT2D eigenvalue weighted by atomic mass is 32.1. The van der Waals surface area contributed by atoms with E-state index in [1.807, 2.05) is 36.4 Å². The van der Waals surface area contributed by atoms with Crippen LogP contribution in [-0.2, 0) is 28.8 Å². The molecule has 0 spiro atoms. The van der Waals surface area contributed by atoms with Crippen LogP contribution in [0.15, 0.2) is 60.7 Å². The molecule has 1 atom stereocenters. The molecule has 2 aromatic rings. The fourth-order valence-corrected chi connectivity index (χ4v) is 4.42. The van der Waals surface area contributed by atoms with E-state index >= 15 is 0 Å². The fourth-order valence-electron chi connectivity index (χ4n) is 4.14. The molecule has 0 bridgehead atoms. The van der Waals surface area contributed by atoms with Gasteiger partial charge < -0.3 is 14.9 Å². The fraction of sp³-hybridized carbons (Fsp3) is 0.440. The SMILES string of the molecule is CC(C)(C)C(Cc1ccccc1)(N(N)C(=O)OCCCCc1ccccc1)C(O)(O)C(N)=S=O. The van der Waals surface area contributed by atoms with Crippen LogP contribution in [0, 0.1) is 5.41 Å². The lowest BCUT2D eigenvalue weighted by atomic mass is 9.64. The molecule has 0 aliphatic heterocycles. The van der Waals surface area contributed by atoms with Gasteiger partial charge in [-0.1, -0.05) is 81.4 Å². The normalized spacial score (nSPS) is 13.6. The molecule has 0 fully saturated rings. The van der Waals surface area contributed by atoms with Gasteiger partial charge in [-0.3, -0.25) is 5.73 Å². The zero-order valence-corrected chi connectivity index (χ0v) is 20.8. The van der Waals surface area contributed by atoms with Crippen LogP contribution >= 0.6 is 0 Å². The molecule has 6 N–H and O–H groups in total. The Morgan fingerprint density at radius 2 is 1.50 bits per heavy atom. The summed E-state index contributed by atoms with van der Waals surface area (Å²) in [4.78, 5) is 12.3. The second-order valence-electron chi connectivity index (χ2n) is 9.32. The minimum atomic E-state index is -2.92. The molecule has 34 heavy (non-hydrogen) atoms. The number of nitrogens with two attached hydrogens (primary N) is 2. The number of hydrazine groups is 1. The van der Waals surface area contributed by atoms with Gasteiger partial charge in [0.05, 0.1) is 6.61 Å². The van der Waals surface area contributed by atoms with Crippen molar-refractivity contribution in [1.82, 2.24) is 5.01 Å². The van der Waals surface area contributed by atoms with E-state index in [1.165, 1.54) is 5.56 Å².